The quantitative estimate of drug-likeness (QED) is 0.894. The molecule has 0 bridgehead atoms. The Kier molecular flexibility index (Phi) is 3.67. The fourth-order valence-electron chi connectivity index (χ4n) is 2.34. The number of thiazole rings is 1. The van der Waals surface area contributed by atoms with Crippen molar-refractivity contribution in [2.45, 2.75) is 45.2 Å². The van der Waals surface area contributed by atoms with E-state index >= 15 is 0 Å². The standard InChI is InChI=1S/C16H20N2S/c1-3-14-11(2)19-16(18-14)15(17-13-9-10-13)12-7-5-4-6-8-12/h4-8,13,15,17H,3,9-10H2,1-2H3. The summed E-state index contributed by atoms with van der Waals surface area (Å²) in [4.78, 5) is 6.20. The second-order valence-electron chi connectivity index (χ2n) is 5.19. The van der Waals surface area contributed by atoms with Crippen molar-refractivity contribution >= 4 is 11.3 Å². The van der Waals surface area contributed by atoms with Gasteiger partial charge in [0.2, 0.25) is 0 Å². The monoisotopic (exact) mass is 272 g/mol. The molecule has 1 saturated carbocycles. The fourth-order valence-corrected chi connectivity index (χ4v) is 3.44. The average molecular weight is 272 g/mol. The van der Waals surface area contributed by atoms with E-state index in [1.165, 1.54) is 34.0 Å². The molecule has 1 atom stereocenters. The smallest absolute Gasteiger partial charge is 0.115 e. The van der Waals surface area contributed by atoms with Gasteiger partial charge in [0.25, 0.3) is 0 Å². The Balaban J connectivity index is 1.93. The molecule has 1 aromatic carbocycles. The number of aryl methyl sites for hydroxylation is 2. The van der Waals surface area contributed by atoms with Gasteiger partial charge in [0.15, 0.2) is 0 Å². The van der Waals surface area contributed by atoms with Gasteiger partial charge in [0.1, 0.15) is 5.01 Å². The van der Waals surface area contributed by atoms with Crippen molar-refractivity contribution < 1.29 is 0 Å². The van der Waals surface area contributed by atoms with Crippen molar-refractivity contribution in [2.75, 3.05) is 0 Å². The number of nitrogens with one attached hydrogen (secondary N) is 1. The predicted octanol–water partition coefficient (Wildman–Crippen LogP) is 3.86. The van der Waals surface area contributed by atoms with Gasteiger partial charge >= 0.3 is 0 Å². The Morgan fingerprint density at radius 1 is 1.32 bits per heavy atom. The Morgan fingerprint density at radius 2 is 2.05 bits per heavy atom. The third kappa shape index (κ3) is 2.88. The summed E-state index contributed by atoms with van der Waals surface area (Å²) < 4.78 is 0. The van der Waals surface area contributed by atoms with Gasteiger partial charge in [-0.2, -0.15) is 0 Å². The highest BCUT2D eigenvalue weighted by molar-refractivity contribution is 7.11. The molecular weight excluding hydrogens is 252 g/mol. The van der Waals surface area contributed by atoms with Crippen LogP contribution in [0.25, 0.3) is 0 Å². The SMILES string of the molecule is CCc1nc(C(NC2CC2)c2ccccc2)sc1C. The van der Waals surface area contributed by atoms with Crippen LogP contribution in [0.4, 0.5) is 0 Å². The summed E-state index contributed by atoms with van der Waals surface area (Å²) in [5.74, 6) is 0. The van der Waals surface area contributed by atoms with Crippen LogP contribution in [-0.4, -0.2) is 11.0 Å². The van der Waals surface area contributed by atoms with E-state index < -0.39 is 0 Å². The lowest BCUT2D eigenvalue weighted by Crippen LogP contribution is -2.24. The first-order valence-corrected chi connectivity index (χ1v) is 7.86. The summed E-state index contributed by atoms with van der Waals surface area (Å²) in [5, 5.41) is 4.95. The van der Waals surface area contributed by atoms with Crippen LogP contribution in [0.1, 0.15) is 46.9 Å². The van der Waals surface area contributed by atoms with Gasteiger partial charge in [-0.05, 0) is 31.7 Å². The lowest BCUT2D eigenvalue weighted by atomic mass is 10.1. The number of hydrogen-bond acceptors (Lipinski definition) is 3. The molecule has 2 nitrogen and oxygen atoms in total. The molecule has 3 rings (SSSR count). The molecule has 1 aliphatic rings. The molecule has 1 aromatic heterocycles. The zero-order valence-corrected chi connectivity index (χ0v) is 12.3. The third-order valence-electron chi connectivity index (χ3n) is 3.60. The van der Waals surface area contributed by atoms with Crippen molar-refractivity contribution in [1.82, 2.24) is 10.3 Å². The summed E-state index contributed by atoms with van der Waals surface area (Å²) in [5.41, 5.74) is 2.57. The van der Waals surface area contributed by atoms with Gasteiger partial charge in [-0.3, -0.25) is 0 Å². The topological polar surface area (TPSA) is 24.9 Å². The van der Waals surface area contributed by atoms with E-state index in [1.54, 1.807) is 0 Å². The molecule has 3 heteroatoms. The van der Waals surface area contributed by atoms with Crippen LogP contribution in [0.2, 0.25) is 0 Å². The normalized spacial score (nSPS) is 16.5. The van der Waals surface area contributed by atoms with E-state index in [0.29, 0.717) is 6.04 Å². The van der Waals surface area contributed by atoms with Crippen LogP contribution in [0.5, 0.6) is 0 Å². The number of hydrogen-bond donors (Lipinski definition) is 1. The minimum Gasteiger partial charge on any atom is -0.301 e. The van der Waals surface area contributed by atoms with Gasteiger partial charge in [-0.1, -0.05) is 37.3 Å². The molecule has 1 unspecified atom stereocenters. The molecule has 0 spiro atoms. The van der Waals surface area contributed by atoms with Crippen LogP contribution < -0.4 is 5.32 Å². The number of nitrogens with zero attached hydrogens (tertiary/aromatic N) is 1. The van der Waals surface area contributed by atoms with Crippen LogP contribution >= 0.6 is 11.3 Å². The van der Waals surface area contributed by atoms with Gasteiger partial charge < -0.3 is 5.32 Å². The van der Waals surface area contributed by atoms with Crippen molar-refractivity contribution in [2.24, 2.45) is 0 Å². The van der Waals surface area contributed by atoms with Crippen molar-refractivity contribution in [3.63, 3.8) is 0 Å². The third-order valence-corrected chi connectivity index (χ3v) is 4.68. The Bertz CT molecular complexity index is 543. The summed E-state index contributed by atoms with van der Waals surface area (Å²) in [6.45, 7) is 4.36. The minimum absolute atomic E-state index is 0.262. The van der Waals surface area contributed by atoms with E-state index in [9.17, 15) is 0 Å². The fraction of sp³-hybridized carbons (Fsp3) is 0.438. The first-order chi connectivity index (χ1) is 9.28. The number of rotatable bonds is 5. The molecule has 1 N–H and O–H groups in total. The molecule has 0 saturated heterocycles. The average Bonchev–Trinajstić information content (AvgIpc) is 3.19. The molecule has 0 radical (unpaired) electrons. The summed E-state index contributed by atoms with van der Waals surface area (Å²) in [7, 11) is 0. The van der Waals surface area contributed by atoms with Gasteiger partial charge in [-0.25, -0.2) is 4.98 Å². The lowest BCUT2D eigenvalue weighted by Gasteiger charge is -2.16. The molecule has 1 fully saturated rings. The highest BCUT2D eigenvalue weighted by Crippen LogP contribution is 2.32. The molecule has 0 amide bonds. The van der Waals surface area contributed by atoms with E-state index in [4.69, 9.17) is 4.98 Å². The second kappa shape index (κ2) is 5.43. The molecule has 1 heterocycles. The summed E-state index contributed by atoms with van der Waals surface area (Å²) >= 11 is 1.84. The maximum Gasteiger partial charge on any atom is 0.115 e. The van der Waals surface area contributed by atoms with Crippen molar-refractivity contribution in [1.29, 1.82) is 0 Å². The van der Waals surface area contributed by atoms with E-state index in [0.717, 1.165) is 6.42 Å². The number of benzene rings is 1. The van der Waals surface area contributed by atoms with E-state index in [1.807, 2.05) is 11.3 Å². The zero-order valence-electron chi connectivity index (χ0n) is 11.5. The predicted molar refractivity (Wildman–Crippen MR) is 80.7 cm³/mol. The van der Waals surface area contributed by atoms with Crippen LogP contribution in [0.3, 0.4) is 0 Å². The first kappa shape index (κ1) is 12.8. The molecular formula is C16H20N2S. The Labute approximate surface area is 118 Å². The maximum atomic E-state index is 4.84. The largest absolute Gasteiger partial charge is 0.301 e. The highest BCUT2D eigenvalue weighted by Gasteiger charge is 2.28. The van der Waals surface area contributed by atoms with Crippen molar-refractivity contribution in [3.8, 4) is 0 Å². The first-order valence-electron chi connectivity index (χ1n) is 7.05. The molecule has 100 valence electrons. The lowest BCUT2D eigenvalue weighted by molar-refractivity contribution is 0.597. The zero-order chi connectivity index (χ0) is 13.2. The summed E-state index contributed by atoms with van der Waals surface area (Å²) in [6, 6.07) is 11.6. The number of aromatic nitrogens is 1. The maximum absolute atomic E-state index is 4.84. The van der Waals surface area contributed by atoms with E-state index in [-0.39, 0.29) is 6.04 Å². The van der Waals surface area contributed by atoms with Gasteiger partial charge in [0, 0.05) is 10.9 Å². The van der Waals surface area contributed by atoms with Gasteiger partial charge in [0.05, 0.1) is 11.7 Å². The molecule has 1 aliphatic carbocycles. The molecule has 0 aliphatic heterocycles. The van der Waals surface area contributed by atoms with E-state index in [2.05, 4.69) is 49.5 Å². The van der Waals surface area contributed by atoms with Gasteiger partial charge in [-0.15, -0.1) is 11.3 Å². The second-order valence-corrected chi connectivity index (χ2v) is 6.43. The molecule has 19 heavy (non-hydrogen) atoms. The van der Waals surface area contributed by atoms with Crippen LogP contribution in [0.15, 0.2) is 30.3 Å². The Morgan fingerprint density at radius 3 is 2.63 bits per heavy atom. The Hall–Kier alpha value is -1.19. The van der Waals surface area contributed by atoms with Crippen LogP contribution in [0, 0.1) is 6.92 Å². The molecule has 2 aromatic rings. The van der Waals surface area contributed by atoms with Crippen LogP contribution in [-0.2, 0) is 6.42 Å². The van der Waals surface area contributed by atoms with Crippen molar-refractivity contribution in [3.05, 3.63) is 51.5 Å². The summed E-state index contributed by atoms with van der Waals surface area (Å²) in [6.07, 6.45) is 3.62. The highest BCUT2D eigenvalue weighted by atomic mass is 32.1. The minimum atomic E-state index is 0.262.